The van der Waals surface area contributed by atoms with Gasteiger partial charge >= 0.3 is 17.9 Å². The highest BCUT2D eigenvalue weighted by Crippen LogP contribution is 2.36. The molecule has 9 heteroatoms. The molecule has 0 aliphatic rings. The van der Waals surface area contributed by atoms with Gasteiger partial charge in [0.05, 0.1) is 25.9 Å². The Bertz CT molecular complexity index is 1320. The van der Waals surface area contributed by atoms with E-state index in [1.807, 2.05) is 0 Å². The van der Waals surface area contributed by atoms with Gasteiger partial charge in [-0.2, -0.15) is 0 Å². The summed E-state index contributed by atoms with van der Waals surface area (Å²) in [5, 5.41) is 2.59. The average molecular weight is 546 g/mol. The quantitative estimate of drug-likeness (QED) is 0.156. The molecule has 0 heterocycles. The Morgan fingerprint density at radius 1 is 0.700 bits per heavy atom. The predicted molar refractivity (Wildman–Crippen MR) is 146 cm³/mol. The van der Waals surface area contributed by atoms with Crippen LogP contribution < -0.4 is 5.32 Å². The van der Waals surface area contributed by atoms with Crippen LogP contribution in [0.2, 0.25) is 0 Å². The molecule has 0 aromatic heterocycles. The van der Waals surface area contributed by atoms with Crippen LogP contribution in [0.4, 0.5) is 0 Å². The molecule has 3 aromatic carbocycles. The maximum Gasteiger partial charge on any atom is 0.344 e. The largest absolute Gasteiger partial charge is 0.465 e. The van der Waals surface area contributed by atoms with Crippen LogP contribution in [0.1, 0.15) is 62.8 Å². The number of Topliss-reactive ketones (excluding diaryl/α,β-unsaturated/α-hetero) is 1. The van der Waals surface area contributed by atoms with Crippen molar-refractivity contribution in [1.29, 1.82) is 0 Å². The molecule has 208 valence electrons. The SMILES string of the molecule is CCOC(=O)C(NC(=O)c1ccccc1)(C(=O)OCC)C(CC(=O)c1ccccc1)c1ccc(C(=O)OC)cc1. The summed E-state index contributed by atoms with van der Waals surface area (Å²) in [6.45, 7) is 2.90. The van der Waals surface area contributed by atoms with Gasteiger partial charge in [-0.05, 0) is 43.7 Å². The first-order valence-corrected chi connectivity index (χ1v) is 12.8. The second kappa shape index (κ2) is 13.8. The standard InChI is InChI=1S/C31H31NO8/c1-4-39-29(36)31(30(37)40-5-2,32-27(34)23-14-10-7-11-15-23)25(20-26(33)22-12-8-6-9-13-22)21-16-18-24(19-17-21)28(35)38-3/h6-19,25H,4-5,20H2,1-3H3,(H,32,34). The Morgan fingerprint density at radius 3 is 1.68 bits per heavy atom. The molecule has 3 aromatic rings. The summed E-state index contributed by atoms with van der Waals surface area (Å²) in [6, 6.07) is 22.3. The molecule has 3 rings (SSSR count). The fraction of sp³-hybridized carbons (Fsp3) is 0.258. The monoisotopic (exact) mass is 545 g/mol. The topological polar surface area (TPSA) is 125 Å². The van der Waals surface area contributed by atoms with E-state index >= 15 is 0 Å². The molecule has 0 spiro atoms. The van der Waals surface area contributed by atoms with Gasteiger partial charge in [-0.1, -0.05) is 60.7 Å². The molecular weight excluding hydrogens is 514 g/mol. The van der Waals surface area contributed by atoms with Crippen molar-refractivity contribution < 1.29 is 38.2 Å². The van der Waals surface area contributed by atoms with Gasteiger partial charge in [-0.15, -0.1) is 0 Å². The molecule has 0 radical (unpaired) electrons. The van der Waals surface area contributed by atoms with E-state index in [0.717, 1.165) is 0 Å². The molecule has 0 saturated heterocycles. The predicted octanol–water partition coefficient (Wildman–Crippen LogP) is 4.12. The Kier molecular flexibility index (Phi) is 10.3. The third kappa shape index (κ3) is 6.61. The number of methoxy groups -OCH3 is 1. The zero-order valence-electron chi connectivity index (χ0n) is 22.5. The number of nitrogens with one attached hydrogen (secondary N) is 1. The molecular formula is C31H31NO8. The normalized spacial score (nSPS) is 11.6. The second-order valence-corrected chi connectivity index (χ2v) is 8.73. The smallest absolute Gasteiger partial charge is 0.344 e. The number of esters is 3. The lowest BCUT2D eigenvalue weighted by Crippen LogP contribution is -2.65. The van der Waals surface area contributed by atoms with E-state index in [9.17, 15) is 24.0 Å². The molecule has 0 saturated carbocycles. The van der Waals surface area contributed by atoms with Crippen molar-refractivity contribution >= 4 is 29.6 Å². The molecule has 1 unspecified atom stereocenters. The number of amides is 1. The number of hydrogen-bond acceptors (Lipinski definition) is 8. The van der Waals surface area contributed by atoms with E-state index in [4.69, 9.17) is 14.2 Å². The Labute approximate surface area is 232 Å². The summed E-state index contributed by atoms with van der Waals surface area (Å²) >= 11 is 0. The maximum atomic E-state index is 13.8. The van der Waals surface area contributed by atoms with E-state index in [-0.39, 0.29) is 30.8 Å². The first kappa shape index (κ1) is 29.8. The number of ketones is 1. The summed E-state index contributed by atoms with van der Waals surface area (Å²) in [4.78, 5) is 66.6. The van der Waals surface area contributed by atoms with Crippen molar-refractivity contribution in [3.63, 3.8) is 0 Å². The van der Waals surface area contributed by atoms with Crippen molar-refractivity contribution in [3.8, 4) is 0 Å². The first-order chi connectivity index (χ1) is 19.3. The highest BCUT2D eigenvalue weighted by Gasteiger charge is 2.57. The average Bonchev–Trinajstić information content (AvgIpc) is 2.99. The van der Waals surface area contributed by atoms with Gasteiger partial charge in [0, 0.05) is 23.5 Å². The minimum absolute atomic E-state index is 0.109. The van der Waals surface area contributed by atoms with Gasteiger partial charge < -0.3 is 19.5 Å². The van der Waals surface area contributed by atoms with Gasteiger partial charge in [-0.3, -0.25) is 9.59 Å². The molecule has 0 fully saturated rings. The fourth-order valence-corrected chi connectivity index (χ4v) is 4.31. The van der Waals surface area contributed by atoms with Crippen LogP contribution in [0.15, 0.2) is 84.9 Å². The van der Waals surface area contributed by atoms with Crippen molar-refractivity contribution in [2.24, 2.45) is 0 Å². The molecule has 1 N–H and O–H groups in total. The lowest BCUT2D eigenvalue weighted by Gasteiger charge is -2.37. The molecule has 0 aliphatic carbocycles. The van der Waals surface area contributed by atoms with Gasteiger partial charge in [0.25, 0.3) is 5.91 Å². The molecule has 0 aliphatic heterocycles. The first-order valence-electron chi connectivity index (χ1n) is 12.8. The van der Waals surface area contributed by atoms with Crippen LogP contribution in [0.3, 0.4) is 0 Å². The highest BCUT2D eigenvalue weighted by molar-refractivity contribution is 6.12. The van der Waals surface area contributed by atoms with Crippen LogP contribution in [-0.4, -0.2) is 55.5 Å². The summed E-state index contributed by atoms with van der Waals surface area (Å²) in [5.41, 5.74) is -1.41. The Balaban J connectivity index is 2.25. The third-order valence-electron chi connectivity index (χ3n) is 6.28. The lowest BCUT2D eigenvalue weighted by molar-refractivity contribution is -0.167. The number of carbonyl (C=O) groups is 5. The fourth-order valence-electron chi connectivity index (χ4n) is 4.31. The van der Waals surface area contributed by atoms with Crippen LogP contribution in [0.5, 0.6) is 0 Å². The number of carbonyl (C=O) groups excluding carboxylic acids is 5. The van der Waals surface area contributed by atoms with Gasteiger partial charge in [0.1, 0.15) is 0 Å². The van der Waals surface area contributed by atoms with Crippen molar-refractivity contribution in [2.45, 2.75) is 31.7 Å². The molecule has 9 nitrogen and oxygen atoms in total. The van der Waals surface area contributed by atoms with Crippen LogP contribution in [-0.2, 0) is 23.8 Å². The van der Waals surface area contributed by atoms with E-state index < -0.39 is 41.1 Å². The summed E-state index contributed by atoms with van der Waals surface area (Å²) in [5.74, 6) is -5.18. The number of ether oxygens (including phenoxy) is 3. The number of hydrogen-bond donors (Lipinski definition) is 1. The molecule has 1 amide bonds. The van der Waals surface area contributed by atoms with Crippen LogP contribution in [0, 0.1) is 0 Å². The van der Waals surface area contributed by atoms with Gasteiger partial charge in [-0.25, -0.2) is 14.4 Å². The number of rotatable bonds is 12. The van der Waals surface area contributed by atoms with Crippen molar-refractivity contribution in [3.05, 3.63) is 107 Å². The number of benzene rings is 3. The summed E-state index contributed by atoms with van der Waals surface area (Å²) < 4.78 is 15.5. The lowest BCUT2D eigenvalue weighted by atomic mass is 9.74. The Morgan fingerprint density at radius 2 is 1.20 bits per heavy atom. The highest BCUT2D eigenvalue weighted by atomic mass is 16.6. The summed E-state index contributed by atoms with van der Waals surface area (Å²) in [7, 11) is 1.24. The zero-order chi connectivity index (χ0) is 29.1. The van der Waals surface area contributed by atoms with Gasteiger partial charge in [0.15, 0.2) is 5.78 Å². The van der Waals surface area contributed by atoms with E-state index in [0.29, 0.717) is 11.1 Å². The zero-order valence-corrected chi connectivity index (χ0v) is 22.5. The van der Waals surface area contributed by atoms with E-state index in [2.05, 4.69) is 5.32 Å². The van der Waals surface area contributed by atoms with Gasteiger partial charge in [0.2, 0.25) is 5.54 Å². The minimum atomic E-state index is -2.45. The second-order valence-electron chi connectivity index (χ2n) is 8.73. The maximum absolute atomic E-state index is 13.8. The van der Waals surface area contributed by atoms with E-state index in [1.54, 1.807) is 62.4 Å². The van der Waals surface area contributed by atoms with Crippen molar-refractivity contribution in [1.82, 2.24) is 5.32 Å². The molecule has 0 bridgehead atoms. The Hall–Kier alpha value is -4.79. The summed E-state index contributed by atoms with van der Waals surface area (Å²) in [6.07, 6.45) is -0.381. The minimum Gasteiger partial charge on any atom is -0.465 e. The van der Waals surface area contributed by atoms with Crippen LogP contribution >= 0.6 is 0 Å². The molecule has 1 atom stereocenters. The van der Waals surface area contributed by atoms with Crippen LogP contribution in [0.25, 0.3) is 0 Å². The van der Waals surface area contributed by atoms with Crippen molar-refractivity contribution in [2.75, 3.05) is 20.3 Å². The van der Waals surface area contributed by atoms with E-state index in [1.165, 1.54) is 43.5 Å². The third-order valence-corrected chi connectivity index (χ3v) is 6.28. The molecule has 40 heavy (non-hydrogen) atoms.